The van der Waals surface area contributed by atoms with Gasteiger partial charge in [-0.25, -0.2) is 13.2 Å². The lowest BCUT2D eigenvalue weighted by molar-refractivity contribution is 0.0999. The molecule has 0 saturated carbocycles. The van der Waals surface area contributed by atoms with E-state index in [1.807, 2.05) is 13.0 Å². The van der Waals surface area contributed by atoms with E-state index in [1.54, 1.807) is 25.3 Å². The van der Waals surface area contributed by atoms with Crippen LogP contribution in [0.3, 0.4) is 0 Å². The number of urea groups is 1. The topological polar surface area (TPSA) is 96.5 Å². The van der Waals surface area contributed by atoms with Crippen LogP contribution in [-0.4, -0.2) is 40.0 Å². The third-order valence-electron chi connectivity index (χ3n) is 3.94. The maximum Gasteiger partial charge on any atom is 0.315 e. The van der Waals surface area contributed by atoms with Crippen molar-refractivity contribution in [1.82, 2.24) is 10.6 Å². The molecule has 1 aromatic rings. The van der Waals surface area contributed by atoms with E-state index in [-0.39, 0.29) is 18.2 Å². The average Bonchev–Trinajstić information content (AvgIpc) is 2.56. The first-order valence-corrected chi connectivity index (χ1v) is 10.8. The van der Waals surface area contributed by atoms with Crippen molar-refractivity contribution in [3.63, 3.8) is 0 Å². The van der Waals surface area contributed by atoms with Gasteiger partial charge in [0.15, 0.2) is 0 Å². The van der Waals surface area contributed by atoms with Crippen molar-refractivity contribution in [3.8, 4) is 0 Å². The van der Waals surface area contributed by atoms with E-state index in [9.17, 15) is 13.2 Å². The molecule has 3 N–H and O–H groups in total. The van der Waals surface area contributed by atoms with Crippen molar-refractivity contribution in [3.05, 3.63) is 29.8 Å². The maximum atomic E-state index is 12.2. The number of carbonyl (C=O) groups excluding carboxylic acids is 1. The van der Waals surface area contributed by atoms with Crippen LogP contribution in [-0.2, 0) is 21.3 Å². The van der Waals surface area contributed by atoms with Gasteiger partial charge in [0.25, 0.3) is 0 Å². The first-order valence-electron chi connectivity index (χ1n) is 8.87. The predicted octanol–water partition coefficient (Wildman–Crippen LogP) is 2.84. The van der Waals surface area contributed by atoms with Crippen LogP contribution >= 0.6 is 0 Å². The zero-order chi connectivity index (χ0) is 19.6. The molecule has 0 aromatic heterocycles. The predicted molar refractivity (Wildman–Crippen MR) is 105 cm³/mol. The van der Waals surface area contributed by atoms with Crippen LogP contribution in [0.15, 0.2) is 24.3 Å². The van der Waals surface area contributed by atoms with Crippen LogP contribution < -0.4 is 15.4 Å². The quantitative estimate of drug-likeness (QED) is 0.546. The van der Waals surface area contributed by atoms with Gasteiger partial charge in [0.2, 0.25) is 10.0 Å². The highest BCUT2D eigenvalue weighted by atomic mass is 32.2. The number of rotatable bonds is 11. The average molecular weight is 386 g/mol. The minimum Gasteiger partial charge on any atom is -0.382 e. The monoisotopic (exact) mass is 385 g/mol. The lowest BCUT2D eigenvalue weighted by atomic mass is 10.0. The molecule has 7 nitrogen and oxygen atoms in total. The molecule has 0 radical (unpaired) electrons. The summed E-state index contributed by atoms with van der Waals surface area (Å²) in [4.78, 5) is 12.2. The number of unbranched alkanes of at least 4 members (excludes halogenated alkanes) is 1. The van der Waals surface area contributed by atoms with Gasteiger partial charge >= 0.3 is 6.03 Å². The lowest BCUT2D eigenvalue weighted by Gasteiger charge is -2.22. The molecule has 26 heavy (non-hydrogen) atoms. The van der Waals surface area contributed by atoms with E-state index in [4.69, 9.17) is 4.74 Å². The summed E-state index contributed by atoms with van der Waals surface area (Å²) in [5.41, 5.74) is 1.28. The van der Waals surface area contributed by atoms with Crippen molar-refractivity contribution in [1.29, 1.82) is 0 Å². The molecule has 1 aromatic carbocycles. The van der Waals surface area contributed by atoms with Crippen LogP contribution in [0.2, 0.25) is 0 Å². The Morgan fingerprint density at radius 3 is 2.65 bits per heavy atom. The summed E-state index contributed by atoms with van der Waals surface area (Å²) in [7, 11) is -1.66. The van der Waals surface area contributed by atoms with Gasteiger partial charge in [-0.05, 0) is 37.5 Å². The van der Waals surface area contributed by atoms with Crippen LogP contribution in [0.4, 0.5) is 10.5 Å². The summed E-state index contributed by atoms with van der Waals surface area (Å²) < 4.78 is 30.3. The summed E-state index contributed by atoms with van der Waals surface area (Å²) in [6, 6.07) is 6.75. The molecule has 148 valence electrons. The van der Waals surface area contributed by atoms with E-state index >= 15 is 0 Å². The molecule has 0 bridgehead atoms. The molecular weight excluding hydrogens is 354 g/mol. The van der Waals surface area contributed by atoms with Crippen LogP contribution in [0.1, 0.15) is 45.1 Å². The molecular formula is C18H31N3O4S. The molecule has 0 aliphatic carbocycles. The number of anilines is 1. The molecule has 2 atom stereocenters. The highest BCUT2D eigenvalue weighted by Gasteiger charge is 2.15. The van der Waals surface area contributed by atoms with Gasteiger partial charge in [0, 0.05) is 25.4 Å². The van der Waals surface area contributed by atoms with Crippen molar-refractivity contribution in [2.45, 2.75) is 58.2 Å². The second kappa shape index (κ2) is 11.0. The highest BCUT2D eigenvalue weighted by molar-refractivity contribution is 7.92. The number of amides is 2. The lowest BCUT2D eigenvalue weighted by Crippen LogP contribution is -2.43. The largest absolute Gasteiger partial charge is 0.382 e. The minimum absolute atomic E-state index is 0.0585. The highest BCUT2D eigenvalue weighted by Crippen LogP contribution is 2.12. The summed E-state index contributed by atoms with van der Waals surface area (Å²) in [6.45, 7) is 4.42. The fourth-order valence-electron chi connectivity index (χ4n) is 2.57. The zero-order valence-corrected chi connectivity index (χ0v) is 16.9. The summed E-state index contributed by atoms with van der Waals surface area (Å²) in [6.07, 6.45) is 4.96. The van der Waals surface area contributed by atoms with Crippen LogP contribution in [0.5, 0.6) is 0 Å². The molecule has 8 heteroatoms. The molecule has 0 saturated heterocycles. The molecule has 1 unspecified atom stereocenters. The Hall–Kier alpha value is -1.80. The Morgan fingerprint density at radius 2 is 2.04 bits per heavy atom. The number of hydrogen-bond donors (Lipinski definition) is 3. The summed E-state index contributed by atoms with van der Waals surface area (Å²) in [5.74, 6) is 0. The fraction of sp³-hybridized carbons (Fsp3) is 0.611. The molecule has 0 aliphatic heterocycles. The number of benzene rings is 1. The molecule has 0 aliphatic rings. The first-order chi connectivity index (χ1) is 12.2. The fourth-order valence-corrected chi connectivity index (χ4v) is 3.13. The summed E-state index contributed by atoms with van der Waals surface area (Å²) in [5, 5.41) is 5.82. The maximum absolute atomic E-state index is 12.2. The smallest absolute Gasteiger partial charge is 0.315 e. The number of sulfonamides is 1. The SMILES string of the molecule is CCCC[C@H](CC(C)OC)NC(=O)NCc1cccc(NS(C)(=O)=O)c1. The first kappa shape index (κ1) is 22.2. The second-order valence-electron chi connectivity index (χ2n) is 6.52. The second-order valence-corrected chi connectivity index (χ2v) is 8.27. The van der Waals surface area contributed by atoms with Gasteiger partial charge in [-0.15, -0.1) is 0 Å². The molecule has 2 amide bonds. The molecule has 0 fully saturated rings. The number of ether oxygens (including phenoxy) is 1. The van der Waals surface area contributed by atoms with Gasteiger partial charge in [0.05, 0.1) is 12.4 Å². The number of methoxy groups -OCH3 is 1. The van der Waals surface area contributed by atoms with E-state index in [0.29, 0.717) is 12.2 Å². The van der Waals surface area contributed by atoms with Gasteiger partial charge in [-0.3, -0.25) is 4.72 Å². The number of hydrogen-bond acceptors (Lipinski definition) is 4. The Bertz CT molecular complexity index is 664. The van der Waals surface area contributed by atoms with Crippen molar-refractivity contribution in [2.75, 3.05) is 18.1 Å². The van der Waals surface area contributed by atoms with Gasteiger partial charge in [-0.2, -0.15) is 0 Å². The van der Waals surface area contributed by atoms with Gasteiger partial charge in [0.1, 0.15) is 0 Å². The Morgan fingerprint density at radius 1 is 1.31 bits per heavy atom. The minimum atomic E-state index is -3.33. The van der Waals surface area contributed by atoms with E-state index in [0.717, 1.165) is 37.5 Å². The Labute approximate surface area is 156 Å². The zero-order valence-electron chi connectivity index (χ0n) is 16.0. The number of nitrogens with one attached hydrogen (secondary N) is 3. The molecule has 0 heterocycles. The number of carbonyl (C=O) groups is 1. The Kier molecular flexibility index (Phi) is 9.43. The van der Waals surface area contributed by atoms with Crippen molar-refractivity contribution < 1.29 is 17.9 Å². The molecule has 0 spiro atoms. The summed E-state index contributed by atoms with van der Waals surface area (Å²) >= 11 is 0. The van der Waals surface area contributed by atoms with Crippen molar-refractivity contribution in [2.24, 2.45) is 0 Å². The van der Waals surface area contributed by atoms with Crippen LogP contribution in [0, 0.1) is 0 Å². The third kappa shape index (κ3) is 9.62. The molecule has 1 rings (SSSR count). The van der Waals surface area contributed by atoms with E-state index < -0.39 is 10.0 Å². The standard InChI is InChI=1S/C18H31N3O4S/c1-5-6-9-16(11-14(2)25-3)20-18(22)19-13-15-8-7-10-17(12-15)21-26(4,23)24/h7-8,10,12,14,16,21H,5-6,9,11,13H2,1-4H3,(H2,19,20,22)/t14?,16-/m1/s1. The van der Waals surface area contributed by atoms with Crippen molar-refractivity contribution >= 4 is 21.7 Å². The van der Waals surface area contributed by atoms with E-state index in [2.05, 4.69) is 22.3 Å². The van der Waals surface area contributed by atoms with Gasteiger partial charge in [-0.1, -0.05) is 31.9 Å². The van der Waals surface area contributed by atoms with Crippen LogP contribution in [0.25, 0.3) is 0 Å². The van der Waals surface area contributed by atoms with Gasteiger partial charge < -0.3 is 15.4 Å². The normalized spacial score (nSPS) is 13.7. The Balaban J connectivity index is 2.57. The third-order valence-corrected chi connectivity index (χ3v) is 4.55. The van der Waals surface area contributed by atoms with E-state index in [1.165, 1.54) is 0 Å².